The second-order valence-electron chi connectivity index (χ2n) is 7.95. The Labute approximate surface area is 195 Å². The molecule has 1 fully saturated rings. The molecule has 0 radical (unpaired) electrons. The van der Waals surface area contributed by atoms with Gasteiger partial charge in [0.05, 0.1) is 10.6 Å². The van der Waals surface area contributed by atoms with E-state index in [1.54, 1.807) is 4.52 Å². The fourth-order valence-electron chi connectivity index (χ4n) is 4.01. The first kappa shape index (κ1) is 21.4. The zero-order valence-corrected chi connectivity index (χ0v) is 18.4. The SMILES string of the molecule is Nc1nc(NCCNc2nc(-c3cccc(N4CCCC4)c3)cc3ncnn23)ccc1[N+](=O)[O-]. The molecule has 0 bridgehead atoms. The predicted molar refractivity (Wildman–Crippen MR) is 130 cm³/mol. The number of nitrogens with zero attached hydrogens (tertiary/aromatic N) is 7. The van der Waals surface area contributed by atoms with Gasteiger partial charge in [-0.2, -0.15) is 9.61 Å². The molecule has 12 nitrogen and oxygen atoms in total. The molecule has 4 N–H and O–H groups in total. The van der Waals surface area contributed by atoms with Gasteiger partial charge in [0.25, 0.3) is 0 Å². The van der Waals surface area contributed by atoms with Crippen LogP contribution < -0.4 is 21.3 Å². The maximum atomic E-state index is 10.9. The molecule has 0 amide bonds. The molecule has 12 heteroatoms. The van der Waals surface area contributed by atoms with Gasteiger partial charge in [-0.15, -0.1) is 0 Å². The van der Waals surface area contributed by atoms with Crippen LogP contribution >= 0.6 is 0 Å². The zero-order valence-electron chi connectivity index (χ0n) is 18.4. The summed E-state index contributed by atoms with van der Waals surface area (Å²) < 4.78 is 1.65. The van der Waals surface area contributed by atoms with Crippen molar-refractivity contribution in [2.75, 3.05) is 47.4 Å². The van der Waals surface area contributed by atoms with Gasteiger partial charge < -0.3 is 21.3 Å². The van der Waals surface area contributed by atoms with Crippen molar-refractivity contribution in [1.29, 1.82) is 0 Å². The van der Waals surface area contributed by atoms with E-state index in [0.29, 0.717) is 30.5 Å². The molecule has 34 heavy (non-hydrogen) atoms. The number of hydrogen-bond acceptors (Lipinski definition) is 10. The molecule has 1 aliphatic heterocycles. The highest BCUT2D eigenvalue weighted by atomic mass is 16.6. The average molecular weight is 461 g/mol. The third-order valence-electron chi connectivity index (χ3n) is 5.69. The number of nitro groups is 1. The van der Waals surface area contributed by atoms with Crippen LogP contribution in [-0.2, 0) is 0 Å². The molecule has 174 valence electrons. The van der Waals surface area contributed by atoms with Gasteiger partial charge >= 0.3 is 5.69 Å². The van der Waals surface area contributed by atoms with Crippen LogP contribution in [0.4, 0.5) is 29.0 Å². The number of fused-ring (bicyclic) bond motifs is 1. The molecular weight excluding hydrogens is 436 g/mol. The topological polar surface area (TPSA) is 152 Å². The minimum Gasteiger partial charge on any atom is -0.378 e. The first-order valence-corrected chi connectivity index (χ1v) is 11.0. The van der Waals surface area contributed by atoms with Crippen molar-refractivity contribution in [3.63, 3.8) is 0 Å². The molecule has 1 aromatic carbocycles. The molecule has 3 aromatic heterocycles. The van der Waals surface area contributed by atoms with Crippen LogP contribution in [0.5, 0.6) is 0 Å². The number of hydrogen-bond donors (Lipinski definition) is 3. The quantitative estimate of drug-likeness (QED) is 0.203. The van der Waals surface area contributed by atoms with E-state index in [1.807, 2.05) is 12.1 Å². The molecular formula is C22H24N10O2. The summed E-state index contributed by atoms with van der Waals surface area (Å²) in [5.41, 5.74) is 9.15. The molecule has 0 spiro atoms. The third-order valence-corrected chi connectivity index (χ3v) is 5.69. The first-order valence-electron chi connectivity index (χ1n) is 11.0. The summed E-state index contributed by atoms with van der Waals surface area (Å²) in [7, 11) is 0. The highest BCUT2D eigenvalue weighted by Gasteiger charge is 2.15. The van der Waals surface area contributed by atoms with Crippen LogP contribution in [0, 0.1) is 10.1 Å². The van der Waals surface area contributed by atoms with E-state index < -0.39 is 4.92 Å². The van der Waals surface area contributed by atoms with Crippen LogP contribution in [0.25, 0.3) is 16.9 Å². The molecule has 1 saturated heterocycles. The Morgan fingerprint density at radius 1 is 1.06 bits per heavy atom. The van der Waals surface area contributed by atoms with Crippen LogP contribution in [0.15, 0.2) is 48.8 Å². The van der Waals surface area contributed by atoms with Crippen molar-refractivity contribution in [2.24, 2.45) is 0 Å². The molecule has 4 heterocycles. The van der Waals surface area contributed by atoms with Crippen molar-refractivity contribution in [1.82, 2.24) is 24.6 Å². The monoisotopic (exact) mass is 460 g/mol. The molecule has 1 aliphatic rings. The highest BCUT2D eigenvalue weighted by molar-refractivity contribution is 5.69. The van der Waals surface area contributed by atoms with E-state index >= 15 is 0 Å². The fraction of sp³-hybridized carbons (Fsp3) is 0.273. The van der Waals surface area contributed by atoms with Crippen molar-refractivity contribution >= 4 is 34.6 Å². The Hall–Kier alpha value is -4.48. The number of benzene rings is 1. The number of aromatic nitrogens is 5. The third kappa shape index (κ3) is 4.37. The normalized spacial score (nSPS) is 13.4. The van der Waals surface area contributed by atoms with E-state index in [2.05, 4.69) is 48.8 Å². The maximum absolute atomic E-state index is 10.9. The summed E-state index contributed by atoms with van der Waals surface area (Å²) in [6.45, 7) is 3.14. The number of anilines is 4. The summed E-state index contributed by atoms with van der Waals surface area (Å²) in [6.07, 6.45) is 3.94. The van der Waals surface area contributed by atoms with Crippen molar-refractivity contribution in [3.05, 3.63) is 58.9 Å². The van der Waals surface area contributed by atoms with Gasteiger partial charge in [-0.1, -0.05) is 12.1 Å². The lowest BCUT2D eigenvalue weighted by Crippen LogP contribution is -2.18. The van der Waals surface area contributed by atoms with Crippen LogP contribution in [0.2, 0.25) is 0 Å². The number of nitrogen functional groups attached to an aromatic ring is 1. The Balaban J connectivity index is 1.30. The zero-order chi connectivity index (χ0) is 23.5. The van der Waals surface area contributed by atoms with Gasteiger partial charge in [-0.25, -0.2) is 15.0 Å². The van der Waals surface area contributed by atoms with Gasteiger partial charge in [0.2, 0.25) is 11.8 Å². The largest absolute Gasteiger partial charge is 0.378 e. The molecule has 5 rings (SSSR count). The van der Waals surface area contributed by atoms with Gasteiger partial charge in [0.1, 0.15) is 12.1 Å². The number of rotatable bonds is 8. The first-order chi connectivity index (χ1) is 16.6. The number of nitrogens with two attached hydrogens (primary N) is 1. The Morgan fingerprint density at radius 3 is 2.68 bits per heavy atom. The molecule has 0 unspecified atom stereocenters. The van der Waals surface area contributed by atoms with Gasteiger partial charge in [0, 0.05) is 49.6 Å². The van der Waals surface area contributed by atoms with E-state index in [4.69, 9.17) is 10.7 Å². The Kier molecular flexibility index (Phi) is 5.77. The molecule has 0 saturated carbocycles. The summed E-state index contributed by atoms with van der Waals surface area (Å²) in [5.74, 6) is 0.892. The summed E-state index contributed by atoms with van der Waals surface area (Å²) >= 11 is 0. The van der Waals surface area contributed by atoms with Gasteiger partial charge in [-0.3, -0.25) is 10.1 Å². The van der Waals surface area contributed by atoms with E-state index in [0.717, 1.165) is 24.3 Å². The molecule has 0 aliphatic carbocycles. The van der Waals surface area contributed by atoms with E-state index in [-0.39, 0.29) is 11.5 Å². The standard InChI is InChI=1S/C22H24N10O2/c23-21-18(32(33)34)6-7-19(29-21)24-8-9-25-22-28-17(13-20-26-14-27-31(20)22)15-4-3-5-16(12-15)30-10-1-2-11-30/h3-7,12-14H,1-2,8-11H2,(H,25,28)(H3,23,24,29). The van der Waals surface area contributed by atoms with Gasteiger partial charge in [0.15, 0.2) is 5.65 Å². The van der Waals surface area contributed by atoms with Crippen molar-refractivity contribution < 1.29 is 4.92 Å². The molecule has 0 atom stereocenters. The lowest BCUT2D eigenvalue weighted by molar-refractivity contribution is -0.384. The van der Waals surface area contributed by atoms with Crippen LogP contribution in [0.1, 0.15) is 12.8 Å². The van der Waals surface area contributed by atoms with Crippen molar-refractivity contribution in [3.8, 4) is 11.3 Å². The lowest BCUT2D eigenvalue weighted by atomic mass is 10.1. The average Bonchev–Trinajstić information content (AvgIpc) is 3.54. The summed E-state index contributed by atoms with van der Waals surface area (Å²) in [5, 5.41) is 21.5. The summed E-state index contributed by atoms with van der Waals surface area (Å²) in [6, 6.07) is 13.2. The maximum Gasteiger partial charge on any atom is 0.311 e. The van der Waals surface area contributed by atoms with E-state index in [1.165, 1.54) is 37.0 Å². The van der Waals surface area contributed by atoms with Crippen LogP contribution in [0.3, 0.4) is 0 Å². The number of nitrogens with one attached hydrogen (secondary N) is 2. The van der Waals surface area contributed by atoms with Gasteiger partial charge in [-0.05, 0) is 31.0 Å². The fourth-order valence-corrected chi connectivity index (χ4v) is 4.01. The lowest BCUT2D eigenvalue weighted by Gasteiger charge is -2.18. The summed E-state index contributed by atoms with van der Waals surface area (Å²) in [4.78, 5) is 25.9. The number of pyridine rings is 1. The minimum atomic E-state index is -0.559. The minimum absolute atomic E-state index is 0.127. The second-order valence-corrected chi connectivity index (χ2v) is 7.95. The Bertz CT molecular complexity index is 1330. The second kappa shape index (κ2) is 9.17. The highest BCUT2D eigenvalue weighted by Crippen LogP contribution is 2.27. The smallest absolute Gasteiger partial charge is 0.311 e. The van der Waals surface area contributed by atoms with Crippen LogP contribution in [-0.4, -0.2) is 55.7 Å². The predicted octanol–water partition coefficient (Wildman–Crippen LogP) is 2.80. The molecule has 4 aromatic rings. The van der Waals surface area contributed by atoms with Crippen molar-refractivity contribution in [2.45, 2.75) is 12.8 Å². The Morgan fingerprint density at radius 2 is 1.88 bits per heavy atom. The van der Waals surface area contributed by atoms with E-state index in [9.17, 15) is 10.1 Å².